The smallest absolute Gasteiger partial charge is 0.276 e. The zero-order valence-electron chi connectivity index (χ0n) is 16.4. The number of aromatic hydroxyl groups is 1. The molecule has 2 rings (SSSR count). The van der Waals surface area contributed by atoms with E-state index in [9.17, 15) is 24.8 Å². The van der Waals surface area contributed by atoms with Gasteiger partial charge in [-0.1, -0.05) is 13.8 Å². The number of nitrogens with zero attached hydrogens (tertiary/aromatic N) is 2. The quantitative estimate of drug-likeness (QED) is 0.422. The van der Waals surface area contributed by atoms with Gasteiger partial charge in [0.15, 0.2) is 5.75 Å². The van der Waals surface area contributed by atoms with Crippen molar-refractivity contribution in [3.05, 3.63) is 34.7 Å². The number of carbonyl (C=O) groups is 3. The van der Waals surface area contributed by atoms with Crippen LogP contribution in [0.5, 0.6) is 5.75 Å². The largest absolute Gasteiger partial charge is 0.505 e. The van der Waals surface area contributed by atoms with Gasteiger partial charge in [0.2, 0.25) is 0 Å². The summed E-state index contributed by atoms with van der Waals surface area (Å²) in [5, 5.41) is 27.6. The molecule has 148 valence electrons. The Bertz CT molecular complexity index is 912. The molecule has 1 atom stereocenters. The Morgan fingerprint density at radius 3 is 2.32 bits per heavy atom. The first-order chi connectivity index (χ1) is 13.1. The SMILES string of the molecule is CC(C)[C@H](C)NC1=C(Nc2cc(C#N)cc(C(=O)N(C)C)c2O)C(=O)NC1=O. The van der Waals surface area contributed by atoms with Crippen LogP contribution in [0.4, 0.5) is 5.69 Å². The van der Waals surface area contributed by atoms with Gasteiger partial charge in [-0.25, -0.2) is 0 Å². The lowest BCUT2D eigenvalue weighted by molar-refractivity contribution is -0.124. The van der Waals surface area contributed by atoms with Gasteiger partial charge in [-0.15, -0.1) is 0 Å². The Labute approximate surface area is 163 Å². The van der Waals surface area contributed by atoms with E-state index in [4.69, 9.17) is 0 Å². The number of anilines is 1. The summed E-state index contributed by atoms with van der Waals surface area (Å²) in [7, 11) is 3.02. The number of hydrogen-bond acceptors (Lipinski definition) is 7. The molecular formula is C19H23N5O4. The van der Waals surface area contributed by atoms with E-state index >= 15 is 0 Å². The van der Waals surface area contributed by atoms with Gasteiger partial charge in [-0.2, -0.15) is 5.26 Å². The molecule has 0 saturated heterocycles. The molecule has 0 aliphatic carbocycles. The van der Waals surface area contributed by atoms with Gasteiger partial charge < -0.3 is 20.6 Å². The summed E-state index contributed by atoms with van der Waals surface area (Å²) >= 11 is 0. The van der Waals surface area contributed by atoms with E-state index in [-0.39, 0.29) is 40.2 Å². The minimum atomic E-state index is -0.675. The lowest BCUT2D eigenvalue weighted by Crippen LogP contribution is -2.35. The van der Waals surface area contributed by atoms with Crippen LogP contribution in [0.2, 0.25) is 0 Å². The number of rotatable bonds is 6. The standard InChI is InChI=1S/C19H23N5O4/c1-9(2)10(3)21-14-15(18(27)23-17(14)26)22-13-7-11(8-20)6-12(16(13)25)19(28)24(4)5/h6-7,9-10,25H,1-5H3,(H3,21,22,23,26,27)/t10-/m0/s1. The van der Waals surface area contributed by atoms with E-state index in [1.54, 1.807) is 0 Å². The average Bonchev–Trinajstić information content (AvgIpc) is 2.89. The van der Waals surface area contributed by atoms with E-state index in [2.05, 4.69) is 16.0 Å². The van der Waals surface area contributed by atoms with E-state index in [1.807, 2.05) is 26.8 Å². The highest BCUT2D eigenvalue weighted by Gasteiger charge is 2.32. The first-order valence-electron chi connectivity index (χ1n) is 8.69. The number of phenols is 1. The van der Waals surface area contributed by atoms with Crippen LogP contribution in [-0.2, 0) is 9.59 Å². The predicted octanol–water partition coefficient (Wildman–Crippen LogP) is 0.880. The number of benzene rings is 1. The van der Waals surface area contributed by atoms with Crippen molar-refractivity contribution in [3.63, 3.8) is 0 Å². The molecule has 1 heterocycles. The number of hydrogen-bond donors (Lipinski definition) is 4. The monoisotopic (exact) mass is 385 g/mol. The summed E-state index contributed by atoms with van der Waals surface area (Å²) < 4.78 is 0. The number of amides is 3. The Kier molecular flexibility index (Phi) is 5.93. The number of carbonyl (C=O) groups excluding carboxylic acids is 3. The third kappa shape index (κ3) is 4.06. The van der Waals surface area contributed by atoms with Crippen LogP contribution in [0.3, 0.4) is 0 Å². The second-order valence-electron chi connectivity index (χ2n) is 7.07. The van der Waals surface area contributed by atoms with Crippen LogP contribution in [-0.4, -0.2) is 47.9 Å². The summed E-state index contributed by atoms with van der Waals surface area (Å²) in [5.74, 6) is -2.01. The highest BCUT2D eigenvalue weighted by Crippen LogP contribution is 2.32. The molecule has 4 N–H and O–H groups in total. The molecule has 0 unspecified atom stereocenters. The molecule has 0 radical (unpaired) electrons. The minimum Gasteiger partial charge on any atom is -0.505 e. The van der Waals surface area contributed by atoms with Crippen molar-refractivity contribution in [2.24, 2.45) is 5.92 Å². The van der Waals surface area contributed by atoms with Crippen molar-refractivity contribution in [2.45, 2.75) is 26.8 Å². The van der Waals surface area contributed by atoms with Crippen molar-refractivity contribution in [3.8, 4) is 11.8 Å². The molecule has 28 heavy (non-hydrogen) atoms. The molecule has 1 aromatic carbocycles. The zero-order valence-corrected chi connectivity index (χ0v) is 16.4. The number of imide groups is 1. The molecule has 3 amide bonds. The third-order valence-electron chi connectivity index (χ3n) is 4.44. The second kappa shape index (κ2) is 8.00. The first-order valence-corrected chi connectivity index (χ1v) is 8.69. The topological polar surface area (TPSA) is 135 Å². The molecule has 9 nitrogen and oxygen atoms in total. The number of nitriles is 1. The Morgan fingerprint density at radius 1 is 1.18 bits per heavy atom. The molecule has 1 aliphatic rings. The predicted molar refractivity (Wildman–Crippen MR) is 102 cm³/mol. The van der Waals surface area contributed by atoms with Gasteiger partial charge in [0.05, 0.1) is 22.9 Å². The Morgan fingerprint density at radius 2 is 1.79 bits per heavy atom. The second-order valence-corrected chi connectivity index (χ2v) is 7.07. The van der Waals surface area contributed by atoms with E-state index in [0.29, 0.717) is 0 Å². The van der Waals surface area contributed by atoms with E-state index in [0.717, 1.165) is 0 Å². The van der Waals surface area contributed by atoms with Crippen LogP contribution in [0.25, 0.3) is 0 Å². The first kappa shape index (κ1) is 20.8. The average molecular weight is 385 g/mol. The molecular weight excluding hydrogens is 362 g/mol. The lowest BCUT2D eigenvalue weighted by Gasteiger charge is -2.20. The van der Waals surface area contributed by atoms with Crippen LogP contribution in [0.1, 0.15) is 36.7 Å². The number of phenolic OH excluding ortho intramolecular Hbond substituents is 1. The van der Waals surface area contributed by atoms with Crippen molar-refractivity contribution in [1.82, 2.24) is 15.5 Å². The number of nitrogens with one attached hydrogen (secondary N) is 3. The highest BCUT2D eigenvalue weighted by molar-refractivity contribution is 6.20. The molecule has 0 bridgehead atoms. The van der Waals surface area contributed by atoms with Crippen molar-refractivity contribution in [2.75, 3.05) is 19.4 Å². The molecule has 0 spiro atoms. The van der Waals surface area contributed by atoms with Crippen LogP contribution >= 0.6 is 0 Å². The summed E-state index contributed by atoms with van der Waals surface area (Å²) in [6.45, 7) is 5.79. The summed E-state index contributed by atoms with van der Waals surface area (Å²) in [6.07, 6.45) is 0. The minimum absolute atomic E-state index is 0.0272. The Hall–Kier alpha value is -3.54. The fourth-order valence-electron chi connectivity index (χ4n) is 2.44. The van der Waals surface area contributed by atoms with Gasteiger partial charge in [0.1, 0.15) is 11.4 Å². The molecule has 1 aliphatic heterocycles. The summed E-state index contributed by atoms with van der Waals surface area (Å²) in [6, 6.07) is 4.37. The van der Waals surface area contributed by atoms with Gasteiger partial charge in [-0.05, 0) is 25.0 Å². The van der Waals surface area contributed by atoms with Crippen molar-refractivity contribution >= 4 is 23.4 Å². The molecule has 9 heteroatoms. The highest BCUT2D eigenvalue weighted by atomic mass is 16.3. The molecule has 0 saturated carbocycles. The van der Waals surface area contributed by atoms with Crippen LogP contribution in [0.15, 0.2) is 23.5 Å². The maximum atomic E-state index is 12.3. The summed E-state index contributed by atoms with van der Waals surface area (Å²) in [5.41, 5.74) is -0.0667. The maximum Gasteiger partial charge on any atom is 0.276 e. The fraction of sp³-hybridized carbons (Fsp3) is 0.368. The van der Waals surface area contributed by atoms with Crippen molar-refractivity contribution < 1.29 is 19.5 Å². The van der Waals surface area contributed by atoms with Crippen LogP contribution in [0, 0.1) is 17.2 Å². The molecule has 0 fully saturated rings. The molecule has 0 aromatic heterocycles. The van der Waals surface area contributed by atoms with Gasteiger partial charge in [0.25, 0.3) is 17.7 Å². The van der Waals surface area contributed by atoms with E-state index < -0.39 is 23.5 Å². The third-order valence-corrected chi connectivity index (χ3v) is 4.44. The van der Waals surface area contributed by atoms with E-state index in [1.165, 1.54) is 31.1 Å². The van der Waals surface area contributed by atoms with Gasteiger partial charge in [-0.3, -0.25) is 19.7 Å². The molecule has 1 aromatic rings. The summed E-state index contributed by atoms with van der Waals surface area (Å²) in [4.78, 5) is 37.9. The van der Waals surface area contributed by atoms with Crippen molar-refractivity contribution in [1.29, 1.82) is 5.26 Å². The zero-order chi connectivity index (χ0) is 21.2. The Balaban J connectivity index is 2.52. The maximum absolute atomic E-state index is 12.3. The van der Waals surface area contributed by atoms with Gasteiger partial charge >= 0.3 is 0 Å². The van der Waals surface area contributed by atoms with Gasteiger partial charge in [0, 0.05) is 20.1 Å². The fourth-order valence-corrected chi connectivity index (χ4v) is 2.44. The normalized spacial score (nSPS) is 14.6. The van der Waals surface area contributed by atoms with Crippen LogP contribution < -0.4 is 16.0 Å². The lowest BCUT2D eigenvalue weighted by atomic mass is 10.1.